The molecule has 0 atom stereocenters. The van der Waals surface area contributed by atoms with Crippen LogP contribution in [0.1, 0.15) is 29.3 Å². The van der Waals surface area contributed by atoms with Crippen LogP contribution in [-0.4, -0.2) is 22.5 Å². The molecule has 1 heterocycles. The molecule has 0 unspecified atom stereocenters. The van der Waals surface area contributed by atoms with Gasteiger partial charge in [-0.2, -0.15) is 5.10 Å². The molecule has 24 heavy (non-hydrogen) atoms. The number of hydrazone groups is 1. The quantitative estimate of drug-likeness (QED) is 0.645. The summed E-state index contributed by atoms with van der Waals surface area (Å²) in [5, 5.41) is 7.23. The molecule has 2 N–H and O–H groups in total. The molecule has 0 bridgehead atoms. The molecular weight excluding hydrogens is 328 g/mol. The Morgan fingerprint density at radius 1 is 1.29 bits per heavy atom. The fraction of sp³-hybridized carbons (Fsp3) is 0.176. The lowest BCUT2D eigenvalue weighted by atomic mass is 10.2. The summed E-state index contributed by atoms with van der Waals surface area (Å²) in [5.74, 6) is -0.625. The van der Waals surface area contributed by atoms with Crippen LogP contribution in [0.25, 0.3) is 0 Å². The minimum absolute atomic E-state index is 0.0544. The van der Waals surface area contributed by atoms with Crippen molar-refractivity contribution < 1.29 is 9.59 Å². The Kier molecular flexibility index (Phi) is 6.03. The number of aromatic nitrogens is 1. The largest absolute Gasteiger partial charge is 0.326 e. The van der Waals surface area contributed by atoms with Crippen LogP contribution in [0.5, 0.6) is 0 Å². The fourth-order valence-corrected chi connectivity index (χ4v) is 2.04. The second kappa shape index (κ2) is 8.21. The number of carbonyl (C=O) groups is 2. The molecule has 0 saturated heterocycles. The molecule has 1 aromatic carbocycles. The van der Waals surface area contributed by atoms with Gasteiger partial charge in [-0.1, -0.05) is 17.7 Å². The van der Waals surface area contributed by atoms with Crippen molar-refractivity contribution in [3.8, 4) is 0 Å². The van der Waals surface area contributed by atoms with Crippen molar-refractivity contribution in [3.63, 3.8) is 0 Å². The van der Waals surface area contributed by atoms with Crippen molar-refractivity contribution in [2.45, 2.75) is 20.3 Å². The van der Waals surface area contributed by atoms with Crippen LogP contribution in [0.3, 0.4) is 0 Å². The van der Waals surface area contributed by atoms with Gasteiger partial charge >= 0.3 is 0 Å². The van der Waals surface area contributed by atoms with Gasteiger partial charge in [0, 0.05) is 28.8 Å². The zero-order chi connectivity index (χ0) is 17.5. The Morgan fingerprint density at radius 2 is 2.08 bits per heavy atom. The standard InChI is InChI=1S/C17H17ClN4O2/c1-11-5-6-14(9-15(11)18)20-16(23)8-12(2)21-22-17(24)13-4-3-7-19-10-13/h3-7,9-10H,8H2,1-2H3,(H,20,23)(H,22,24). The predicted molar refractivity (Wildman–Crippen MR) is 94.2 cm³/mol. The van der Waals surface area contributed by atoms with Crippen LogP contribution in [-0.2, 0) is 4.79 Å². The van der Waals surface area contributed by atoms with Crippen molar-refractivity contribution >= 4 is 34.8 Å². The third-order valence-electron chi connectivity index (χ3n) is 3.14. The van der Waals surface area contributed by atoms with Gasteiger partial charge in [0.2, 0.25) is 5.91 Å². The molecule has 0 spiro atoms. The maximum atomic E-state index is 12.0. The Morgan fingerprint density at radius 3 is 2.75 bits per heavy atom. The Labute approximate surface area is 144 Å². The average molecular weight is 345 g/mol. The van der Waals surface area contributed by atoms with Gasteiger partial charge < -0.3 is 5.32 Å². The monoisotopic (exact) mass is 344 g/mol. The molecule has 0 aliphatic rings. The second-order valence-corrected chi connectivity index (χ2v) is 5.63. The minimum atomic E-state index is -0.381. The highest BCUT2D eigenvalue weighted by Gasteiger charge is 2.07. The van der Waals surface area contributed by atoms with Crippen molar-refractivity contribution in [1.82, 2.24) is 10.4 Å². The fourth-order valence-electron chi connectivity index (χ4n) is 1.86. The highest BCUT2D eigenvalue weighted by atomic mass is 35.5. The molecule has 0 aliphatic heterocycles. The number of hydrogen-bond acceptors (Lipinski definition) is 4. The summed E-state index contributed by atoms with van der Waals surface area (Å²) in [4.78, 5) is 27.7. The first-order valence-corrected chi connectivity index (χ1v) is 7.63. The molecule has 0 radical (unpaired) electrons. The lowest BCUT2D eigenvalue weighted by molar-refractivity contribution is -0.115. The van der Waals surface area contributed by atoms with Crippen molar-refractivity contribution in [3.05, 3.63) is 58.9 Å². The maximum Gasteiger partial charge on any atom is 0.272 e. The van der Waals surface area contributed by atoms with E-state index in [4.69, 9.17) is 11.6 Å². The molecule has 124 valence electrons. The number of halogens is 1. The molecule has 0 fully saturated rings. The summed E-state index contributed by atoms with van der Waals surface area (Å²) < 4.78 is 0. The first-order chi connectivity index (χ1) is 11.5. The molecule has 1 aromatic heterocycles. The number of amides is 2. The van der Waals surface area contributed by atoms with Crippen LogP contribution >= 0.6 is 11.6 Å². The third-order valence-corrected chi connectivity index (χ3v) is 3.55. The summed E-state index contributed by atoms with van der Waals surface area (Å²) in [6, 6.07) is 8.57. The first kappa shape index (κ1) is 17.6. The number of aryl methyl sites for hydroxylation is 1. The molecule has 7 heteroatoms. The Hall–Kier alpha value is -2.73. The highest BCUT2D eigenvalue weighted by molar-refractivity contribution is 6.31. The number of benzene rings is 1. The van der Waals surface area contributed by atoms with Gasteiger partial charge in [-0.05, 0) is 43.7 Å². The average Bonchev–Trinajstić information content (AvgIpc) is 2.56. The van der Waals surface area contributed by atoms with E-state index in [1.54, 1.807) is 37.4 Å². The van der Waals surface area contributed by atoms with E-state index < -0.39 is 0 Å². The molecule has 2 rings (SSSR count). The number of nitrogens with zero attached hydrogens (tertiary/aromatic N) is 2. The third kappa shape index (κ3) is 5.17. The number of carbonyl (C=O) groups excluding carboxylic acids is 2. The van der Waals surface area contributed by atoms with Crippen molar-refractivity contribution in [2.24, 2.45) is 5.10 Å². The SMILES string of the molecule is CC(CC(=O)Nc1ccc(C)c(Cl)c1)=NNC(=O)c1cccnc1. The topological polar surface area (TPSA) is 83.5 Å². The van der Waals surface area contributed by atoms with Crippen LogP contribution in [0.4, 0.5) is 5.69 Å². The minimum Gasteiger partial charge on any atom is -0.326 e. The summed E-state index contributed by atoms with van der Waals surface area (Å²) in [7, 11) is 0. The maximum absolute atomic E-state index is 12.0. The number of hydrogen-bond donors (Lipinski definition) is 2. The van der Waals surface area contributed by atoms with E-state index in [1.165, 1.54) is 6.20 Å². The number of pyridine rings is 1. The second-order valence-electron chi connectivity index (χ2n) is 5.22. The predicted octanol–water partition coefficient (Wildman–Crippen LogP) is 3.18. The van der Waals surface area contributed by atoms with Crippen molar-refractivity contribution in [1.29, 1.82) is 0 Å². The van der Waals surface area contributed by atoms with E-state index in [1.807, 2.05) is 13.0 Å². The lowest BCUT2D eigenvalue weighted by Crippen LogP contribution is -2.21. The van der Waals surface area contributed by atoms with Crippen LogP contribution in [0.2, 0.25) is 5.02 Å². The van der Waals surface area contributed by atoms with E-state index in [2.05, 4.69) is 20.8 Å². The van der Waals surface area contributed by atoms with Gasteiger partial charge in [0.05, 0.1) is 12.0 Å². The summed E-state index contributed by atoms with van der Waals surface area (Å²) >= 11 is 6.02. The summed E-state index contributed by atoms with van der Waals surface area (Å²) in [6.45, 7) is 3.54. The van der Waals surface area contributed by atoms with Gasteiger partial charge in [-0.15, -0.1) is 0 Å². The Bertz CT molecular complexity index is 775. The van der Waals surface area contributed by atoms with Gasteiger partial charge in [0.1, 0.15) is 0 Å². The Balaban J connectivity index is 1.88. The zero-order valence-corrected chi connectivity index (χ0v) is 14.1. The van der Waals surface area contributed by atoms with Gasteiger partial charge in [-0.3, -0.25) is 14.6 Å². The van der Waals surface area contributed by atoms with Gasteiger partial charge in [-0.25, -0.2) is 5.43 Å². The van der Waals surface area contributed by atoms with E-state index in [0.717, 1.165) is 5.56 Å². The van der Waals surface area contributed by atoms with Crippen LogP contribution < -0.4 is 10.7 Å². The van der Waals surface area contributed by atoms with Crippen LogP contribution in [0, 0.1) is 6.92 Å². The summed E-state index contributed by atoms with van der Waals surface area (Å²) in [5.41, 5.74) is 4.81. The molecule has 0 aliphatic carbocycles. The van der Waals surface area contributed by atoms with E-state index in [-0.39, 0.29) is 18.2 Å². The molecule has 0 saturated carbocycles. The highest BCUT2D eigenvalue weighted by Crippen LogP contribution is 2.20. The lowest BCUT2D eigenvalue weighted by Gasteiger charge is -2.07. The van der Waals surface area contributed by atoms with E-state index in [0.29, 0.717) is 22.0 Å². The molecule has 6 nitrogen and oxygen atoms in total. The van der Waals surface area contributed by atoms with E-state index >= 15 is 0 Å². The van der Waals surface area contributed by atoms with Crippen molar-refractivity contribution in [2.75, 3.05) is 5.32 Å². The summed E-state index contributed by atoms with van der Waals surface area (Å²) in [6.07, 6.45) is 3.07. The number of rotatable bonds is 5. The van der Waals surface area contributed by atoms with Gasteiger partial charge in [0.25, 0.3) is 5.91 Å². The van der Waals surface area contributed by atoms with E-state index in [9.17, 15) is 9.59 Å². The zero-order valence-electron chi connectivity index (χ0n) is 13.3. The number of anilines is 1. The van der Waals surface area contributed by atoms with Gasteiger partial charge in [0.15, 0.2) is 0 Å². The number of nitrogens with one attached hydrogen (secondary N) is 2. The molecule has 2 amide bonds. The van der Waals surface area contributed by atoms with Crippen LogP contribution in [0.15, 0.2) is 47.8 Å². The smallest absolute Gasteiger partial charge is 0.272 e. The molecular formula is C17H17ClN4O2. The molecule has 2 aromatic rings. The normalized spacial score (nSPS) is 11.0. The first-order valence-electron chi connectivity index (χ1n) is 7.25.